The number of nitrogens with zero attached hydrogens (tertiary/aromatic N) is 2. The molecule has 1 aromatic rings. The Morgan fingerprint density at radius 1 is 1.24 bits per heavy atom. The van der Waals surface area contributed by atoms with E-state index in [1.165, 1.54) is 4.90 Å². The number of anilines is 1. The zero-order valence-corrected chi connectivity index (χ0v) is 13.6. The van der Waals surface area contributed by atoms with Crippen molar-refractivity contribution < 1.29 is 9.90 Å². The van der Waals surface area contributed by atoms with Gasteiger partial charge in [0.2, 0.25) is 0 Å². The van der Waals surface area contributed by atoms with E-state index in [4.69, 9.17) is 0 Å². The SMILES string of the molecule is CC[C@@H](C)N1C(=O)N(c2ccccc2)[C@](C)(O)CC1(C)C. The minimum absolute atomic E-state index is 0.128. The summed E-state index contributed by atoms with van der Waals surface area (Å²) in [6, 6.07) is 9.40. The highest BCUT2D eigenvalue weighted by molar-refractivity contribution is 5.94. The summed E-state index contributed by atoms with van der Waals surface area (Å²) in [5.74, 6) is 0. The quantitative estimate of drug-likeness (QED) is 0.924. The smallest absolute Gasteiger partial charge is 0.327 e. The molecule has 1 aromatic carbocycles. The molecule has 0 radical (unpaired) electrons. The summed E-state index contributed by atoms with van der Waals surface area (Å²) in [5, 5.41) is 10.8. The van der Waals surface area contributed by atoms with Crippen molar-refractivity contribution in [2.45, 2.75) is 64.8 Å². The van der Waals surface area contributed by atoms with E-state index in [2.05, 4.69) is 13.8 Å². The normalized spacial score (nSPS) is 26.9. The van der Waals surface area contributed by atoms with E-state index in [9.17, 15) is 9.90 Å². The van der Waals surface area contributed by atoms with Crippen molar-refractivity contribution in [1.29, 1.82) is 0 Å². The number of para-hydroxylation sites is 1. The van der Waals surface area contributed by atoms with E-state index in [-0.39, 0.29) is 17.6 Å². The third kappa shape index (κ3) is 2.77. The van der Waals surface area contributed by atoms with Gasteiger partial charge >= 0.3 is 6.03 Å². The fourth-order valence-corrected chi connectivity index (χ4v) is 3.49. The maximum absolute atomic E-state index is 13.0. The fraction of sp³-hybridized carbons (Fsp3) is 0.588. The van der Waals surface area contributed by atoms with Crippen molar-refractivity contribution in [3.05, 3.63) is 30.3 Å². The number of carbonyl (C=O) groups excluding carboxylic acids is 1. The monoisotopic (exact) mass is 290 g/mol. The van der Waals surface area contributed by atoms with E-state index in [1.54, 1.807) is 6.92 Å². The number of rotatable bonds is 3. The summed E-state index contributed by atoms with van der Waals surface area (Å²) >= 11 is 0. The maximum atomic E-state index is 13.0. The third-order valence-electron chi connectivity index (χ3n) is 4.34. The molecule has 0 bridgehead atoms. The Morgan fingerprint density at radius 2 is 1.81 bits per heavy atom. The second-order valence-corrected chi connectivity index (χ2v) is 6.79. The van der Waals surface area contributed by atoms with Gasteiger partial charge in [-0.2, -0.15) is 0 Å². The number of aliphatic hydroxyl groups is 1. The molecular formula is C17H26N2O2. The Bertz CT molecular complexity index is 511. The molecule has 1 aliphatic rings. The van der Waals surface area contributed by atoms with Crippen LogP contribution in [0.4, 0.5) is 10.5 Å². The minimum Gasteiger partial charge on any atom is -0.371 e. The van der Waals surface area contributed by atoms with Gasteiger partial charge in [-0.05, 0) is 46.2 Å². The van der Waals surface area contributed by atoms with Crippen LogP contribution in [-0.4, -0.2) is 33.3 Å². The van der Waals surface area contributed by atoms with E-state index < -0.39 is 5.72 Å². The molecule has 1 N–H and O–H groups in total. The molecule has 2 atom stereocenters. The van der Waals surface area contributed by atoms with Crippen LogP contribution in [0.1, 0.15) is 47.5 Å². The van der Waals surface area contributed by atoms with Crippen molar-refractivity contribution in [3.63, 3.8) is 0 Å². The van der Waals surface area contributed by atoms with Crippen LogP contribution >= 0.6 is 0 Å². The highest BCUT2D eigenvalue weighted by Crippen LogP contribution is 2.40. The molecule has 1 aliphatic heterocycles. The lowest BCUT2D eigenvalue weighted by Crippen LogP contribution is -2.69. The van der Waals surface area contributed by atoms with Gasteiger partial charge in [0.25, 0.3) is 0 Å². The molecule has 0 unspecified atom stereocenters. The molecule has 4 heteroatoms. The van der Waals surface area contributed by atoms with Crippen molar-refractivity contribution in [1.82, 2.24) is 4.90 Å². The van der Waals surface area contributed by atoms with E-state index >= 15 is 0 Å². The first-order valence-electron chi connectivity index (χ1n) is 7.61. The Balaban J connectivity index is 2.48. The molecule has 1 saturated heterocycles. The molecule has 0 aliphatic carbocycles. The molecule has 1 fully saturated rings. The van der Waals surface area contributed by atoms with Crippen molar-refractivity contribution in [3.8, 4) is 0 Å². The molecule has 4 nitrogen and oxygen atoms in total. The van der Waals surface area contributed by atoms with Gasteiger partial charge in [0.05, 0.1) is 0 Å². The average Bonchev–Trinajstić information content (AvgIpc) is 2.36. The van der Waals surface area contributed by atoms with Gasteiger partial charge in [0, 0.05) is 23.7 Å². The van der Waals surface area contributed by atoms with Gasteiger partial charge < -0.3 is 10.0 Å². The van der Waals surface area contributed by atoms with Gasteiger partial charge in [-0.1, -0.05) is 25.1 Å². The highest BCUT2D eigenvalue weighted by Gasteiger charge is 2.51. The number of hydrogen-bond donors (Lipinski definition) is 1. The van der Waals surface area contributed by atoms with Crippen LogP contribution in [0.2, 0.25) is 0 Å². The maximum Gasteiger partial charge on any atom is 0.327 e. The van der Waals surface area contributed by atoms with Crippen LogP contribution in [0.25, 0.3) is 0 Å². The number of carbonyl (C=O) groups is 1. The van der Waals surface area contributed by atoms with Crippen molar-refractivity contribution in [2.75, 3.05) is 4.90 Å². The van der Waals surface area contributed by atoms with Crippen molar-refractivity contribution in [2.24, 2.45) is 0 Å². The first-order chi connectivity index (χ1) is 9.70. The Kier molecular flexibility index (Phi) is 4.02. The Labute approximate surface area is 127 Å². The van der Waals surface area contributed by atoms with Crippen LogP contribution in [0.5, 0.6) is 0 Å². The number of urea groups is 1. The first-order valence-corrected chi connectivity index (χ1v) is 7.61. The predicted octanol–water partition coefficient (Wildman–Crippen LogP) is 3.60. The number of amides is 2. The van der Waals surface area contributed by atoms with Crippen LogP contribution < -0.4 is 4.90 Å². The van der Waals surface area contributed by atoms with Gasteiger partial charge in [-0.3, -0.25) is 4.90 Å². The second-order valence-electron chi connectivity index (χ2n) is 6.79. The van der Waals surface area contributed by atoms with Crippen LogP contribution in [0, 0.1) is 0 Å². The van der Waals surface area contributed by atoms with Gasteiger partial charge in [0.1, 0.15) is 5.72 Å². The molecular weight excluding hydrogens is 264 g/mol. The molecule has 1 heterocycles. The van der Waals surface area contributed by atoms with Crippen molar-refractivity contribution >= 4 is 11.7 Å². The predicted molar refractivity (Wildman–Crippen MR) is 85.2 cm³/mol. The van der Waals surface area contributed by atoms with Gasteiger partial charge in [-0.15, -0.1) is 0 Å². The summed E-state index contributed by atoms with van der Waals surface area (Å²) in [7, 11) is 0. The van der Waals surface area contributed by atoms with Crippen LogP contribution in [-0.2, 0) is 0 Å². The average molecular weight is 290 g/mol. The number of benzene rings is 1. The van der Waals surface area contributed by atoms with E-state index in [0.717, 1.165) is 12.1 Å². The molecule has 0 saturated carbocycles. The molecule has 21 heavy (non-hydrogen) atoms. The zero-order valence-electron chi connectivity index (χ0n) is 13.6. The van der Waals surface area contributed by atoms with Gasteiger partial charge in [0.15, 0.2) is 0 Å². The molecule has 0 aromatic heterocycles. The van der Waals surface area contributed by atoms with E-state index in [1.807, 2.05) is 49.1 Å². The largest absolute Gasteiger partial charge is 0.371 e. The lowest BCUT2D eigenvalue weighted by molar-refractivity contribution is -0.0358. The second kappa shape index (κ2) is 5.34. The zero-order chi connectivity index (χ0) is 15.8. The fourth-order valence-electron chi connectivity index (χ4n) is 3.49. The standard InChI is InChI=1S/C17H26N2O2/c1-6-13(2)18-15(20)19(14-10-8-7-9-11-14)17(5,21)12-16(18,3)4/h7-11,13,21H,6,12H2,1-5H3/t13-,17-/m1/s1. The summed E-state index contributed by atoms with van der Waals surface area (Å²) in [6.45, 7) is 9.89. The molecule has 116 valence electrons. The topological polar surface area (TPSA) is 43.8 Å². The first kappa shape index (κ1) is 15.8. The molecule has 2 amide bonds. The Hall–Kier alpha value is -1.55. The summed E-state index contributed by atoms with van der Waals surface area (Å²) < 4.78 is 0. The highest BCUT2D eigenvalue weighted by atomic mass is 16.3. The molecule has 2 rings (SSSR count). The summed E-state index contributed by atoms with van der Waals surface area (Å²) in [4.78, 5) is 16.5. The lowest BCUT2D eigenvalue weighted by Gasteiger charge is -2.55. The number of hydrogen-bond acceptors (Lipinski definition) is 2. The lowest BCUT2D eigenvalue weighted by atomic mass is 9.86. The van der Waals surface area contributed by atoms with E-state index in [0.29, 0.717) is 6.42 Å². The van der Waals surface area contributed by atoms with Crippen LogP contribution in [0.3, 0.4) is 0 Å². The third-order valence-corrected chi connectivity index (χ3v) is 4.34. The Morgan fingerprint density at radius 3 is 2.33 bits per heavy atom. The minimum atomic E-state index is -1.19. The summed E-state index contributed by atoms with van der Waals surface area (Å²) in [6.07, 6.45) is 1.39. The summed E-state index contributed by atoms with van der Waals surface area (Å²) in [5.41, 5.74) is -0.830. The van der Waals surface area contributed by atoms with Crippen LogP contribution in [0.15, 0.2) is 30.3 Å². The molecule has 0 spiro atoms. The van der Waals surface area contributed by atoms with Gasteiger partial charge in [-0.25, -0.2) is 4.79 Å².